The van der Waals surface area contributed by atoms with Crippen LogP contribution in [0.3, 0.4) is 0 Å². The normalized spacial score (nSPS) is 20.0. The van der Waals surface area contributed by atoms with Gasteiger partial charge in [-0.1, -0.05) is 6.07 Å². The van der Waals surface area contributed by atoms with Crippen LogP contribution in [-0.4, -0.2) is 36.1 Å². The second-order valence-corrected chi connectivity index (χ2v) is 6.18. The van der Waals surface area contributed by atoms with E-state index in [9.17, 15) is 4.79 Å². The standard InChI is InChI=1S/C18H20N2O4/c1-22-14-5-4-12-6-7-20(10-13(12)9-14)18(21)16-17(24-11-19-16)15-3-2-8-23-15/h4-5,9,11,15H,2-3,6-8,10H2,1H3/t15-/m1/s1. The highest BCUT2D eigenvalue weighted by Crippen LogP contribution is 2.32. The number of benzene rings is 1. The van der Waals surface area contributed by atoms with Crippen LogP contribution in [0, 0.1) is 0 Å². The van der Waals surface area contributed by atoms with E-state index in [1.54, 1.807) is 7.11 Å². The maximum atomic E-state index is 12.9. The van der Waals surface area contributed by atoms with Crippen LogP contribution in [0.5, 0.6) is 5.75 Å². The minimum atomic E-state index is -0.149. The van der Waals surface area contributed by atoms with Gasteiger partial charge in [0, 0.05) is 19.7 Å². The molecule has 1 aromatic carbocycles. The lowest BCUT2D eigenvalue weighted by molar-refractivity contribution is 0.0696. The number of amides is 1. The third-order valence-electron chi connectivity index (χ3n) is 4.73. The highest BCUT2D eigenvalue weighted by molar-refractivity contribution is 5.93. The molecule has 0 spiro atoms. The van der Waals surface area contributed by atoms with Crippen LogP contribution in [0.2, 0.25) is 0 Å². The molecule has 1 fully saturated rings. The van der Waals surface area contributed by atoms with E-state index in [-0.39, 0.29) is 12.0 Å². The maximum Gasteiger partial charge on any atom is 0.276 e. The summed E-state index contributed by atoms with van der Waals surface area (Å²) in [6.45, 7) is 1.94. The monoisotopic (exact) mass is 328 g/mol. The first-order chi connectivity index (χ1) is 11.8. The second-order valence-electron chi connectivity index (χ2n) is 6.18. The van der Waals surface area contributed by atoms with E-state index in [0.29, 0.717) is 31.2 Å². The largest absolute Gasteiger partial charge is 0.497 e. The number of aromatic nitrogens is 1. The van der Waals surface area contributed by atoms with E-state index in [1.165, 1.54) is 12.0 Å². The Hall–Kier alpha value is -2.34. The van der Waals surface area contributed by atoms with Crippen LogP contribution < -0.4 is 4.74 Å². The Balaban J connectivity index is 1.56. The summed E-state index contributed by atoms with van der Waals surface area (Å²) in [6.07, 6.45) is 3.87. The Morgan fingerprint density at radius 2 is 2.29 bits per heavy atom. The van der Waals surface area contributed by atoms with Gasteiger partial charge < -0.3 is 18.8 Å². The van der Waals surface area contributed by atoms with Crippen LogP contribution >= 0.6 is 0 Å². The molecule has 2 aliphatic rings. The lowest BCUT2D eigenvalue weighted by Gasteiger charge is -2.29. The van der Waals surface area contributed by atoms with Gasteiger partial charge in [-0.05, 0) is 42.5 Å². The van der Waals surface area contributed by atoms with Crippen molar-refractivity contribution in [3.05, 3.63) is 47.2 Å². The van der Waals surface area contributed by atoms with Crippen LogP contribution in [0.15, 0.2) is 29.0 Å². The zero-order valence-electron chi connectivity index (χ0n) is 13.7. The molecule has 1 aromatic heterocycles. The molecule has 6 heteroatoms. The van der Waals surface area contributed by atoms with Gasteiger partial charge in [-0.3, -0.25) is 4.79 Å². The number of fused-ring (bicyclic) bond motifs is 1. The molecule has 1 amide bonds. The van der Waals surface area contributed by atoms with Gasteiger partial charge in [-0.15, -0.1) is 0 Å². The number of carbonyl (C=O) groups is 1. The number of ether oxygens (including phenoxy) is 2. The summed E-state index contributed by atoms with van der Waals surface area (Å²) >= 11 is 0. The van der Waals surface area contributed by atoms with E-state index in [0.717, 1.165) is 30.6 Å². The van der Waals surface area contributed by atoms with Crippen molar-refractivity contribution in [3.8, 4) is 5.75 Å². The molecule has 24 heavy (non-hydrogen) atoms. The first kappa shape index (κ1) is 15.2. The third-order valence-corrected chi connectivity index (χ3v) is 4.73. The molecule has 4 rings (SSSR count). The number of methoxy groups -OCH3 is 1. The number of hydrogen-bond acceptors (Lipinski definition) is 5. The fourth-order valence-electron chi connectivity index (χ4n) is 3.41. The summed E-state index contributed by atoms with van der Waals surface area (Å²) < 4.78 is 16.4. The Bertz CT molecular complexity index is 749. The van der Waals surface area contributed by atoms with E-state index < -0.39 is 0 Å². The Morgan fingerprint density at radius 1 is 1.38 bits per heavy atom. The zero-order valence-corrected chi connectivity index (χ0v) is 13.7. The molecule has 6 nitrogen and oxygen atoms in total. The van der Waals surface area contributed by atoms with Gasteiger partial charge >= 0.3 is 0 Å². The van der Waals surface area contributed by atoms with Crippen molar-refractivity contribution in [2.75, 3.05) is 20.3 Å². The van der Waals surface area contributed by atoms with Crippen LogP contribution in [-0.2, 0) is 17.7 Å². The number of oxazole rings is 1. The van der Waals surface area contributed by atoms with Gasteiger partial charge in [0.2, 0.25) is 0 Å². The zero-order chi connectivity index (χ0) is 16.5. The smallest absolute Gasteiger partial charge is 0.276 e. The number of carbonyl (C=O) groups excluding carboxylic acids is 1. The number of rotatable bonds is 3. The van der Waals surface area contributed by atoms with Crippen molar-refractivity contribution in [1.82, 2.24) is 9.88 Å². The maximum absolute atomic E-state index is 12.9. The molecule has 0 radical (unpaired) electrons. The van der Waals surface area contributed by atoms with E-state index in [4.69, 9.17) is 13.9 Å². The van der Waals surface area contributed by atoms with Crippen molar-refractivity contribution >= 4 is 5.91 Å². The molecule has 0 bridgehead atoms. The van der Waals surface area contributed by atoms with Gasteiger partial charge in [0.25, 0.3) is 5.91 Å². The van der Waals surface area contributed by atoms with Crippen molar-refractivity contribution < 1.29 is 18.7 Å². The summed E-state index contributed by atoms with van der Waals surface area (Å²) in [6, 6.07) is 6.03. The summed E-state index contributed by atoms with van der Waals surface area (Å²) in [4.78, 5) is 18.9. The number of nitrogens with zero attached hydrogens (tertiary/aromatic N) is 2. The van der Waals surface area contributed by atoms with E-state index in [1.807, 2.05) is 17.0 Å². The summed E-state index contributed by atoms with van der Waals surface area (Å²) in [7, 11) is 1.65. The summed E-state index contributed by atoms with van der Waals surface area (Å²) in [5.74, 6) is 1.28. The molecule has 3 heterocycles. The van der Waals surface area contributed by atoms with Gasteiger partial charge in [0.15, 0.2) is 17.8 Å². The molecule has 2 aromatic rings. The Labute approximate surface area is 140 Å². The average Bonchev–Trinajstić information content (AvgIpc) is 3.30. The first-order valence-corrected chi connectivity index (χ1v) is 8.26. The van der Waals surface area contributed by atoms with E-state index in [2.05, 4.69) is 11.1 Å². The van der Waals surface area contributed by atoms with Crippen LogP contribution in [0.1, 0.15) is 46.3 Å². The van der Waals surface area contributed by atoms with Crippen molar-refractivity contribution in [2.24, 2.45) is 0 Å². The fourth-order valence-corrected chi connectivity index (χ4v) is 3.41. The molecule has 126 valence electrons. The number of hydrogen-bond donors (Lipinski definition) is 0. The SMILES string of the molecule is COc1ccc2c(c1)CN(C(=O)c1ncoc1[C@H]1CCCO1)CC2. The van der Waals surface area contributed by atoms with Gasteiger partial charge in [0.05, 0.1) is 7.11 Å². The lowest BCUT2D eigenvalue weighted by atomic mass is 9.99. The lowest BCUT2D eigenvalue weighted by Crippen LogP contribution is -2.36. The molecule has 0 aliphatic carbocycles. The topological polar surface area (TPSA) is 64.8 Å². The molecule has 0 N–H and O–H groups in total. The third kappa shape index (κ3) is 2.67. The Morgan fingerprint density at radius 3 is 3.08 bits per heavy atom. The first-order valence-electron chi connectivity index (χ1n) is 8.26. The molecular weight excluding hydrogens is 308 g/mol. The quantitative estimate of drug-likeness (QED) is 0.867. The molecule has 2 aliphatic heterocycles. The highest BCUT2D eigenvalue weighted by atomic mass is 16.5. The summed E-state index contributed by atoms with van der Waals surface area (Å²) in [5, 5.41) is 0. The minimum absolute atomic E-state index is 0.0947. The van der Waals surface area contributed by atoms with Gasteiger partial charge in [-0.25, -0.2) is 4.98 Å². The van der Waals surface area contributed by atoms with Crippen molar-refractivity contribution in [1.29, 1.82) is 0 Å². The fraction of sp³-hybridized carbons (Fsp3) is 0.444. The van der Waals surface area contributed by atoms with Crippen molar-refractivity contribution in [3.63, 3.8) is 0 Å². The molecule has 0 unspecified atom stereocenters. The summed E-state index contributed by atoms with van der Waals surface area (Å²) in [5.41, 5.74) is 2.77. The van der Waals surface area contributed by atoms with Gasteiger partial charge in [-0.2, -0.15) is 0 Å². The predicted molar refractivity (Wildman–Crippen MR) is 85.9 cm³/mol. The molecule has 1 saturated heterocycles. The van der Waals surface area contributed by atoms with Crippen molar-refractivity contribution in [2.45, 2.75) is 31.9 Å². The molecule has 1 atom stereocenters. The molecular formula is C18H20N2O4. The second kappa shape index (κ2) is 6.28. The van der Waals surface area contributed by atoms with Crippen LogP contribution in [0.25, 0.3) is 0 Å². The van der Waals surface area contributed by atoms with E-state index >= 15 is 0 Å². The predicted octanol–water partition coefficient (Wildman–Crippen LogP) is 2.73. The molecule has 0 saturated carbocycles. The highest BCUT2D eigenvalue weighted by Gasteiger charge is 2.31. The van der Waals surface area contributed by atoms with Crippen LogP contribution in [0.4, 0.5) is 0 Å². The Kier molecular flexibility index (Phi) is 3.98. The van der Waals surface area contributed by atoms with Gasteiger partial charge in [0.1, 0.15) is 11.9 Å². The minimum Gasteiger partial charge on any atom is -0.497 e. The average molecular weight is 328 g/mol.